The molecular weight excluding hydrogens is 442 g/mol. The maximum absolute atomic E-state index is 12.7. The largest absolute Gasteiger partial charge is 0.411 e. The molecule has 0 aliphatic heterocycles. The predicted molar refractivity (Wildman–Crippen MR) is 113 cm³/mol. The molecular formula is C20H22BrN3O3S. The van der Waals surface area contributed by atoms with Crippen molar-refractivity contribution in [3.8, 4) is 11.5 Å². The number of hydrogen-bond acceptors (Lipinski definition) is 6. The van der Waals surface area contributed by atoms with Crippen molar-refractivity contribution in [2.45, 2.75) is 32.0 Å². The number of carbonyl (C=O) groups excluding carboxylic acids is 1. The molecule has 2 heterocycles. The minimum atomic E-state index is 0.0551. The minimum Gasteiger partial charge on any atom is -0.411 e. The summed E-state index contributed by atoms with van der Waals surface area (Å²) in [4.78, 5) is 12.7. The van der Waals surface area contributed by atoms with Gasteiger partial charge in [0.25, 0.3) is 5.22 Å². The van der Waals surface area contributed by atoms with Crippen molar-refractivity contribution in [2.75, 3.05) is 19.5 Å². The lowest BCUT2D eigenvalue weighted by Crippen LogP contribution is -2.08. The van der Waals surface area contributed by atoms with E-state index in [1.54, 1.807) is 7.11 Å². The summed E-state index contributed by atoms with van der Waals surface area (Å²) < 4.78 is 13.9. The molecule has 0 unspecified atom stereocenters. The van der Waals surface area contributed by atoms with Gasteiger partial charge in [0.2, 0.25) is 5.89 Å². The molecule has 0 atom stereocenters. The number of ketones is 1. The molecule has 148 valence electrons. The van der Waals surface area contributed by atoms with Crippen molar-refractivity contribution in [1.82, 2.24) is 14.8 Å². The molecule has 0 spiro atoms. The number of aryl methyl sites for hydroxylation is 1. The predicted octanol–water partition coefficient (Wildman–Crippen LogP) is 4.93. The molecule has 3 rings (SSSR count). The Labute approximate surface area is 176 Å². The van der Waals surface area contributed by atoms with E-state index in [9.17, 15) is 4.79 Å². The first-order chi connectivity index (χ1) is 13.5. The smallest absolute Gasteiger partial charge is 0.277 e. The van der Waals surface area contributed by atoms with Crippen molar-refractivity contribution in [3.05, 3.63) is 51.8 Å². The van der Waals surface area contributed by atoms with E-state index in [0.717, 1.165) is 40.0 Å². The molecule has 0 N–H and O–H groups in total. The lowest BCUT2D eigenvalue weighted by molar-refractivity contribution is 0.102. The van der Waals surface area contributed by atoms with Crippen molar-refractivity contribution in [2.24, 2.45) is 0 Å². The average molecular weight is 464 g/mol. The number of rotatable bonds is 9. The monoisotopic (exact) mass is 463 g/mol. The normalized spacial score (nSPS) is 11.1. The Kier molecular flexibility index (Phi) is 7.09. The Hall–Kier alpha value is -1.90. The van der Waals surface area contributed by atoms with Gasteiger partial charge in [0.05, 0.1) is 5.75 Å². The van der Waals surface area contributed by atoms with Crippen LogP contribution in [0, 0.1) is 13.8 Å². The average Bonchev–Trinajstić information content (AvgIpc) is 3.26. The summed E-state index contributed by atoms with van der Waals surface area (Å²) in [7, 11) is 1.70. The van der Waals surface area contributed by atoms with Gasteiger partial charge in [-0.2, -0.15) is 0 Å². The first-order valence-corrected chi connectivity index (χ1v) is 10.7. The first kappa shape index (κ1) is 20.8. The van der Waals surface area contributed by atoms with Gasteiger partial charge in [-0.1, -0.05) is 27.7 Å². The van der Waals surface area contributed by atoms with Gasteiger partial charge >= 0.3 is 0 Å². The summed E-state index contributed by atoms with van der Waals surface area (Å²) in [5.74, 6) is 0.753. The van der Waals surface area contributed by atoms with Gasteiger partial charge in [-0.05, 0) is 50.6 Å². The van der Waals surface area contributed by atoms with E-state index in [-0.39, 0.29) is 11.5 Å². The third-order valence-electron chi connectivity index (χ3n) is 4.43. The molecule has 3 aromatic rings. The summed E-state index contributed by atoms with van der Waals surface area (Å²) in [5, 5.41) is 8.49. The van der Waals surface area contributed by atoms with E-state index >= 15 is 0 Å². The molecule has 2 aromatic heterocycles. The Morgan fingerprint density at radius 3 is 2.71 bits per heavy atom. The number of Topliss-reactive ketones (excluding diaryl/α,β-unsaturated/α-hetero) is 1. The molecule has 0 radical (unpaired) electrons. The van der Waals surface area contributed by atoms with Crippen LogP contribution in [0.1, 0.15) is 28.2 Å². The van der Waals surface area contributed by atoms with Gasteiger partial charge in [0, 0.05) is 47.2 Å². The maximum atomic E-state index is 12.7. The van der Waals surface area contributed by atoms with Crippen LogP contribution < -0.4 is 0 Å². The fraction of sp³-hybridized carbons (Fsp3) is 0.350. The third-order valence-corrected chi connectivity index (χ3v) is 5.78. The zero-order chi connectivity index (χ0) is 20.1. The van der Waals surface area contributed by atoms with E-state index in [2.05, 4.69) is 30.7 Å². The van der Waals surface area contributed by atoms with Crippen LogP contribution in [0.15, 0.2) is 44.4 Å². The second-order valence-electron chi connectivity index (χ2n) is 6.37. The van der Waals surface area contributed by atoms with Gasteiger partial charge < -0.3 is 13.7 Å². The summed E-state index contributed by atoms with van der Waals surface area (Å²) in [6.45, 7) is 5.54. The Bertz CT molecular complexity index is 950. The molecule has 0 amide bonds. The number of aromatic nitrogens is 3. The molecule has 0 aliphatic rings. The van der Waals surface area contributed by atoms with Crippen LogP contribution in [0.5, 0.6) is 0 Å². The Morgan fingerprint density at radius 2 is 2.00 bits per heavy atom. The first-order valence-electron chi connectivity index (χ1n) is 8.90. The van der Waals surface area contributed by atoms with Crippen LogP contribution >= 0.6 is 27.7 Å². The lowest BCUT2D eigenvalue weighted by Gasteiger charge is -2.09. The number of carbonyl (C=O) groups is 1. The fourth-order valence-electron chi connectivity index (χ4n) is 2.98. The van der Waals surface area contributed by atoms with Crippen LogP contribution in [0.4, 0.5) is 0 Å². The fourth-order valence-corrected chi connectivity index (χ4v) is 3.89. The summed E-state index contributed by atoms with van der Waals surface area (Å²) in [6, 6.07) is 9.58. The van der Waals surface area contributed by atoms with Crippen LogP contribution in [0.3, 0.4) is 0 Å². The highest BCUT2D eigenvalue weighted by molar-refractivity contribution is 9.10. The standard InChI is InChI=1S/C20H22BrN3O3S/c1-13-11-17(14(2)24(13)9-4-10-26-3)18(25)12-28-20-23-22-19(27-20)15-5-7-16(21)8-6-15/h5-8,11H,4,9-10,12H2,1-3H3. The van der Waals surface area contributed by atoms with E-state index in [1.165, 1.54) is 11.8 Å². The van der Waals surface area contributed by atoms with Crippen LogP contribution in [-0.4, -0.2) is 40.0 Å². The summed E-state index contributed by atoms with van der Waals surface area (Å²) >= 11 is 4.66. The Morgan fingerprint density at radius 1 is 1.25 bits per heavy atom. The Balaban J connectivity index is 1.63. The molecule has 28 heavy (non-hydrogen) atoms. The highest BCUT2D eigenvalue weighted by Gasteiger charge is 2.17. The number of hydrogen-bond donors (Lipinski definition) is 0. The van der Waals surface area contributed by atoms with Gasteiger partial charge in [-0.3, -0.25) is 4.79 Å². The highest BCUT2D eigenvalue weighted by atomic mass is 79.9. The van der Waals surface area contributed by atoms with Gasteiger partial charge in [-0.25, -0.2) is 0 Å². The van der Waals surface area contributed by atoms with Crippen LogP contribution in [0.2, 0.25) is 0 Å². The molecule has 0 saturated heterocycles. The third kappa shape index (κ3) is 4.92. The minimum absolute atomic E-state index is 0.0551. The second-order valence-corrected chi connectivity index (χ2v) is 8.22. The van der Waals surface area contributed by atoms with Crippen molar-refractivity contribution < 1.29 is 13.9 Å². The van der Waals surface area contributed by atoms with Gasteiger partial charge in [0.1, 0.15) is 0 Å². The quantitative estimate of drug-likeness (QED) is 0.254. The SMILES string of the molecule is COCCCn1c(C)cc(C(=O)CSc2nnc(-c3ccc(Br)cc3)o2)c1C. The number of nitrogens with zero attached hydrogens (tertiary/aromatic N) is 3. The van der Waals surface area contributed by atoms with E-state index in [4.69, 9.17) is 9.15 Å². The van der Waals surface area contributed by atoms with Gasteiger partial charge in [-0.15, -0.1) is 10.2 Å². The molecule has 0 bridgehead atoms. The highest BCUT2D eigenvalue weighted by Crippen LogP contribution is 2.26. The van der Waals surface area contributed by atoms with Crippen LogP contribution in [-0.2, 0) is 11.3 Å². The maximum Gasteiger partial charge on any atom is 0.277 e. The molecule has 6 nitrogen and oxygen atoms in total. The molecule has 0 fully saturated rings. The summed E-state index contributed by atoms with van der Waals surface area (Å²) in [6.07, 6.45) is 0.913. The number of benzene rings is 1. The number of halogens is 1. The van der Waals surface area contributed by atoms with Gasteiger partial charge in [0.15, 0.2) is 5.78 Å². The molecule has 8 heteroatoms. The number of ether oxygens (including phenoxy) is 1. The van der Waals surface area contributed by atoms with E-state index in [1.807, 2.05) is 44.2 Å². The molecule has 0 aliphatic carbocycles. The van der Waals surface area contributed by atoms with Crippen molar-refractivity contribution in [1.29, 1.82) is 0 Å². The van der Waals surface area contributed by atoms with E-state index in [0.29, 0.717) is 17.7 Å². The molecule has 1 aromatic carbocycles. The summed E-state index contributed by atoms with van der Waals surface area (Å²) in [5.41, 5.74) is 3.65. The number of methoxy groups -OCH3 is 1. The second kappa shape index (κ2) is 9.54. The zero-order valence-corrected chi connectivity index (χ0v) is 18.5. The van der Waals surface area contributed by atoms with Crippen LogP contribution in [0.25, 0.3) is 11.5 Å². The van der Waals surface area contributed by atoms with Crippen molar-refractivity contribution in [3.63, 3.8) is 0 Å². The molecule has 0 saturated carbocycles. The zero-order valence-electron chi connectivity index (χ0n) is 16.1. The van der Waals surface area contributed by atoms with Crippen molar-refractivity contribution >= 4 is 33.5 Å². The topological polar surface area (TPSA) is 70.2 Å². The van der Waals surface area contributed by atoms with E-state index < -0.39 is 0 Å². The number of thioether (sulfide) groups is 1. The lowest BCUT2D eigenvalue weighted by atomic mass is 10.2.